The predicted octanol–water partition coefficient (Wildman–Crippen LogP) is 1.73. The Bertz CT molecular complexity index is 757. The normalized spacial score (nSPS) is 12.8. The molecule has 0 fully saturated rings. The summed E-state index contributed by atoms with van der Waals surface area (Å²) in [6.45, 7) is 2.20. The van der Waals surface area contributed by atoms with Crippen LogP contribution in [0, 0.1) is 0 Å². The van der Waals surface area contributed by atoms with E-state index in [2.05, 4.69) is 15.0 Å². The van der Waals surface area contributed by atoms with Crippen molar-refractivity contribution in [3.05, 3.63) is 52.0 Å². The summed E-state index contributed by atoms with van der Waals surface area (Å²) in [6.07, 6.45) is 3.37. The third-order valence-corrected chi connectivity index (χ3v) is 4.97. The van der Waals surface area contributed by atoms with Gasteiger partial charge in [-0.1, -0.05) is 6.07 Å². The highest BCUT2D eigenvalue weighted by atomic mass is 32.2. The minimum absolute atomic E-state index is 0.157. The molecular formula is C15H19N3O3S2. The maximum atomic E-state index is 12.2. The lowest BCUT2D eigenvalue weighted by Gasteiger charge is -2.12. The average Bonchev–Trinajstić information content (AvgIpc) is 2.96. The second-order valence-electron chi connectivity index (χ2n) is 5.13. The summed E-state index contributed by atoms with van der Waals surface area (Å²) in [5.41, 5.74) is 0.801. The Morgan fingerprint density at radius 1 is 1.30 bits per heavy atom. The van der Waals surface area contributed by atoms with Gasteiger partial charge in [-0.3, -0.25) is 9.78 Å². The number of nitrogens with zero attached hydrogens (tertiary/aromatic N) is 1. The van der Waals surface area contributed by atoms with E-state index in [9.17, 15) is 13.2 Å². The maximum absolute atomic E-state index is 12.2. The smallest absolute Gasteiger partial charge is 0.261 e. The third kappa shape index (κ3) is 5.74. The molecule has 0 bridgehead atoms. The van der Waals surface area contributed by atoms with Gasteiger partial charge in [0.15, 0.2) is 0 Å². The summed E-state index contributed by atoms with van der Waals surface area (Å²) < 4.78 is 24.5. The van der Waals surface area contributed by atoms with E-state index in [-0.39, 0.29) is 11.9 Å². The topological polar surface area (TPSA) is 88.2 Å². The van der Waals surface area contributed by atoms with Crippen molar-refractivity contribution in [2.75, 3.05) is 12.8 Å². The molecule has 23 heavy (non-hydrogen) atoms. The molecule has 2 rings (SSSR count). The van der Waals surface area contributed by atoms with Gasteiger partial charge in [0.05, 0.1) is 22.9 Å². The second-order valence-corrected chi connectivity index (χ2v) is 8.13. The Morgan fingerprint density at radius 3 is 2.74 bits per heavy atom. The number of hydrogen-bond donors (Lipinski definition) is 2. The summed E-state index contributed by atoms with van der Waals surface area (Å²) in [5, 5.41) is 2.90. The van der Waals surface area contributed by atoms with Gasteiger partial charge in [0, 0.05) is 17.6 Å². The lowest BCUT2D eigenvalue weighted by atomic mass is 10.2. The molecule has 2 heterocycles. The number of carbonyl (C=O) groups is 1. The van der Waals surface area contributed by atoms with E-state index in [1.165, 1.54) is 11.3 Å². The van der Waals surface area contributed by atoms with E-state index >= 15 is 0 Å². The van der Waals surface area contributed by atoms with Crippen LogP contribution in [0.15, 0.2) is 36.5 Å². The van der Waals surface area contributed by atoms with Crippen LogP contribution < -0.4 is 10.0 Å². The zero-order chi connectivity index (χ0) is 16.9. The first-order valence-electron chi connectivity index (χ1n) is 7.10. The first-order chi connectivity index (χ1) is 10.8. The van der Waals surface area contributed by atoms with Crippen LogP contribution in [-0.4, -0.2) is 32.1 Å². The summed E-state index contributed by atoms with van der Waals surface area (Å²) in [4.78, 5) is 18.0. The highest BCUT2D eigenvalue weighted by Gasteiger charge is 2.14. The standard InChI is InChI=1S/C15H19N3O3S2/c1-11(13-5-3-4-9-16-13)18-15(19)14-7-6-12(22-14)8-10-17-23(2,20)21/h3-7,9,11,17H,8,10H2,1-2H3,(H,18,19). The molecule has 6 nitrogen and oxygen atoms in total. The summed E-state index contributed by atoms with van der Waals surface area (Å²) >= 11 is 1.36. The van der Waals surface area contributed by atoms with Crippen LogP contribution in [-0.2, 0) is 16.4 Å². The van der Waals surface area contributed by atoms with Gasteiger partial charge in [0.1, 0.15) is 0 Å². The van der Waals surface area contributed by atoms with Gasteiger partial charge in [0.2, 0.25) is 10.0 Å². The van der Waals surface area contributed by atoms with E-state index in [4.69, 9.17) is 0 Å². The van der Waals surface area contributed by atoms with E-state index in [1.807, 2.05) is 31.2 Å². The molecule has 1 amide bonds. The number of thiophene rings is 1. The molecule has 0 aromatic carbocycles. The molecule has 0 saturated heterocycles. The molecule has 1 atom stereocenters. The highest BCUT2D eigenvalue weighted by Crippen LogP contribution is 2.18. The molecule has 0 radical (unpaired) electrons. The molecule has 124 valence electrons. The Balaban J connectivity index is 1.91. The molecular weight excluding hydrogens is 334 g/mol. The lowest BCUT2D eigenvalue weighted by molar-refractivity contribution is 0.0943. The Hall–Kier alpha value is -1.77. The number of nitrogens with one attached hydrogen (secondary N) is 2. The number of amides is 1. The predicted molar refractivity (Wildman–Crippen MR) is 91.0 cm³/mol. The van der Waals surface area contributed by atoms with Crippen molar-refractivity contribution in [2.24, 2.45) is 0 Å². The molecule has 2 aromatic rings. The van der Waals surface area contributed by atoms with Crippen LogP contribution in [0.2, 0.25) is 0 Å². The van der Waals surface area contributed by atoms with Gasteiger partial charge < -0.3 is 5.32 Å². The number of sulfonamides is 1. The van der Waals surface area contributed by atoms with E-state index < -0.39 is 10.0 Å². The van der Waals surface area contributed by atoms with Crippen molar-refractivity contribution in [3.8, 4) is 0 Å². The van der Waals surface area contributed by atoms with Gasteiger partial charge in [-0.2, -0.15) is 0 Å². The van der Waals surface area contributed by atoms with Crippen LogP contribution in [0.1, 0.15) is 33.2 Å². The first-order valence-corrected chi connectivity index (χ1v) is 9.81. The fourth-order valence-electron chi connectivity index (χ4n) is 1.97. The van der Waals surface area contributed by atoms with Crippen molar-refractivity contribution in [2.45, 2.75) is 19.4 Å². The van der Waals surface area contributed by atoms with Gasteiger partial charge >= 0.3 is 0 Å². The van der Waals surface area contributed by atoms with E-state index in [0.29, 0.717) is 17.8 Å². The zero-order valence-corrected chi connectivity index (χ0v) is 14.6. The SMILES string of the molecule is CC(NC(=O)c1ccc(CCNS(C)(=O)=O)s1)c1ccccn1. The minimum Gasteiger partial charge on any atom is -0.343 e. The molecule has 0 aliphatic rings. The Kier molecular flexibility index (Phi) is 5.86. The van der Waals surface area contributed by atoms with Crippen LogP contribution in [0.25, 0.3) is 0 Å². The molecule has 0 spiro atoms. The number of rotatable bonds is 7. The molecule has 2 aromatic heterocycles. The molecule has 1 unspecified atom stereocenters. The summed E-state index contributed by atoms with van der Waals surface area (Å²) in [7, 11) is -3.18. The molecule has 8 heteroatoms. The number of aromatic nitrogens is 1. The Labute approximate surface area is 140 Å². The third-order valence-electron chi connectivity index (χ3n) is 3.10. The fraction of sp³-hybridized carbons (Fsp3) is 0.333. The van der Waals surface area contributed by atoms with Crippen molar-refractivity contribution < 1.29 is 13.2 Å². The van der Waals surface area contributed by atoms with E-state index in [0.717, 1.165) is 16.8 Å². The summed E-state index contributed by atoms with van der Waals surface area (Å²) in [6, 6.07) is 8.98. The highest BCUT2D eigenvalue weighted by molar-refractivity contribution is 7.88. The van der Waals surface area contributed by atoms with Crippen LogP contribution >= 0.6 is 11.3 Å². The number of carbonyl (C=O) groups excluding carboxylic acids is 1. The van der Waals surface area contributed by atoms with Crippen LogP contribution in [0.4, 0.5) is 0 Å². The van der Waals surface area contributed by atoms with Crippen molar-refractivity contribution in [3.63, 3.8) is 0 Å². The monoisotopic (exact) mass is 353 g/mol. The van der Waals surface area contributed by atoms with Crippen LogP contribution in [0.3, 0.4) is 0 Å². The van der Waals surface area contributed by atoms with Gasteiger partial charge in [-0.25, -0.2) is 13.1 Å². The number of pyridine rings is 1. The lowest BCUT2D eigenvalue weighted by Crippen LogP contribution is -2.26. The first kappa shape index (κ1) is 17.6. The summed E-state index contributed by atoms with van der Waals surface area (Å²) in [5.74, 6) is -0.157. The number of hydrogen-bond acceptors (Lipinski definition) is 5. The minimum atomic E-state index is -3.18. The van der Waals surface area contributed by atoms with Gasteiger partial charge in [-0.15, -0.1) is 11.3 Å². The zero-order valence-electron chi connectivity index (χ0n) is 12.9. The van der Waals surface area contributed by atoms with Crippen molar-refractivity contribution in [1.82, 2.24) is 15.0 Å². The fourth-order valence-corrected chi connectivity index (χ4v) is 3.35. The molecule has 0 saturated carbocycles. The van der Waals surface area contributed by atoms with E-state index in [1.54, 1.807) is 12.3 Å². The van der Waals surface area contributed by atoms with Crippen LogP contribution in [0.5, 0.6) is 0 Å². The molecule has 0 aliphatic carbocycles. The van der Waals surface area contributed by atoms with Crippen molar-refractivity contribution in [1.29, 1.82) is 0 Å². The second kappa shape index (κ2) is 7.67. The average molecular weight is 353 g/mol. The largest absolute Gasteiger partial charge is 0.343 e. The van der Waals surface area contributed by atoms with Crippen molar-refractivity contribution >= 4 is 27.3 Å². The Morgan fingerprint density at radius 2 is 2.09 bits per heavy atom. The maximum Gasteiger partial charge on any atom is 0.261 e. The quantitative estimate of drug-likeness (QED) is 0.793. The van der Waals surface area contributed by atoms with Gasteiger partial charge in [-0.05, 0) is 37.6 Å². The molecule has 0 aliphatic heterocycles. The van der Waals surface area contributed by atoms with Gasteiger partial charge in [0.25, 0.3) is 5.91 Å². The molecule has 2 N–H and O–H groups in total.